The quantitative estimate of drug-likeness (QED) is 0.685. The van der Waals surface area contributed by atoms with Crippen LogP contribution in [0.3, 0.4) is 0 Å². The van der Waals surface area contributed by atoms with Gasteiger partial charge in [-0.05, 0) is 37.6 Å². The normalized spacial score (nSPS) is 12.7. The molecule has 148 valence electrons. The predicted molar refractivity (Wildman–Crippen MR) is 111 cm³/mol. The molecular formula is C21H21N5O3. The van der Waals surface area contributed by atoms with Crippen molar-refractivity contribution in [2.75, 3.05) is 16.8 Å². The summed E-state index contributed by atoms with van der Waals surface area (Å²) in [5.41, 5.74) is 2.06. The van der Waals surface area contributed by atoms with E-state index in [4.69, 9.17) is 0 Å². The molecule has 29 heavy (non-hydrogen) atoms. The van der Waals surface area contributed by atoms with E-state index in [9.17, 15) is 14.4 Å². The highest BCUT2D eigenvalue weighted by molar-refractivity contribution is 5.91. The van der Waals surface area contributed by atoms with Crippen molar-refractivity contribution in [1.29, 1.82) is 0 Å². The number of anilines is 3. The third-order valence-electron chi connectivity index (χ3n) is 4.92. The lowest BCUT2D eigenvalue weighted by molar-refractivity contribution is -0.117. The van der Waals surface area contributed by atoms with Gasteiger partial charge in [0.25, 0.3) is 0 Å². The number of nitrogens with one attached hydrogen (secondary N) is 1. The Bertz CT molecular complexity index is 1200. The molecule has 1 aliphatic heterocycles. The average molecular weight is 391 g/mol. The number of para-hydroxylation sites is 1. The minimum atomic E-state index is -0.806. The summed E-state index contributed by atoms with van der Waals surface area (Å²) in [7, 11) is 0. The number of hydrogen-bond acceptors (Lipinski definition) is 5. The van der Waals surface area contributed by atoms with Gasteiger partial charge in [-0.3, -0.25) is 19.0 Å². The smallest absolute Gasteiger partial charge is 0.324 e. The van der Waals surface area contributed by atoms with E-state index in [-0.39, 0.29) is 6.54 Å². The molecule has 0 bridgehead atoms. The lowest BCUT2D eigenvalue weighted by Gasteiger charge is -2.17. The van der Waals surface area contributed by atoms with Crippen molar-refractivity contribution in [3.05, 3.63) is 80.4 Å². The number of hydrogen-bond donors (Lipinski definition) is 1. The Hall–Kier alpha value is -3.68. The summed E-state index contributed by atoms with van der Waals surface area (Å²) in [6.45, 7) is 4.44. The number of carbonyl (C=O) groups excluding carboxylic acids is 1. The van der Waals surface area contributed by atoms with Crippen molar-refractivity contribution in [1.82, 2.24) is 14.3 Å². The van der Waals surface area contributed by atoms with Crippen LogP contribution in [-0.2, 0) is 17.9 Å². The minimum absolute atomic E-state index is 0.335. The predicted octanol–water partition coefficient (Wildman–Crippen LogP) is 1.81. The van der Waals surface area contributed by atoms with E-state index in [0.717, 1.165) is 21.5 Å². The van der Waals surface area contributed by atoms with Crippen LogP contribution in [-0.4, -0.2) is 26.8 Å². The number of fused-ring (bicyclic) bond motifs is 1. The van der Waals surface area contributed by atoms with Crippen molar-refractivity contribution >= 4 is 23.2 Å². The van der Waals surface area contributed by atoms with Crippen molar-refractivity contribution in [2.45, 2.75) is 26.9 Å². The van der Waals surface area contributed by atoms with Crippen LogP contribution in [0.25, 0.3) is 0 Å². The van der Waals surface area contributed by atoms with Gasteiger partial charge in [0, 0.05) is 24.5 Å². The first-order chi connectivity index (χ1) is 13.9. The Balaban J connectivity index is 1.63. The summed E-state index contributed by atoms with van der Waals surface area (Å²) in [4.78, 5) is 39.3. The minimum Gasteiger partial charge on any atom is -0.324 e. The van der Waals surface area contributed by atoms with Gasteiger partial charge < -0.3 is 10.2 Å². The molecule has 0 aliphatic carbocycles. The van der Waals surface area contributed by atoms with Gasteiger partial charge in [0.2, 0.25) is 11.9 Å². The van der Waals surface area contributed by atoms with Gasteiger partial charge in [0.1, 0.15) is 6.54 Å². The standard InChI is InChI=1S/C21H21N5O3/c1-14-8-9-17(15(2)12-14)22-18(27)13-26-20(29)19(28)25-11-10-24(21(25)23-26)16-6-4-3-5-7-16/h3-9,12H,10-11,13H2,1-2H3,(H,22,27). The first-order valence-electron chi connectivity index (χ1n) is 9.35. The molecule has 0 unspecified atom stereocenters. The highest BCUT2D eigenvalue weighted by atomic mass is 16.2. The summed E-state index contributed by atoms with van der Waals surface area (Å²) >= 11 is 0. The Morgan fingerprint density at radius 2 is 1.79 bits per heavy atom. The fourth-order valence-corrected chi connectivity index (χ4v) is 3.46. The van der Waals surface area contributed by atoms with E-state index in [0.29, 0.717) is 24.7 Å². The second-order valence-electron chi connectivity index (χ2n) is 7.07. The molecule has 2 aromatic carbocycles. The summed E-state index contributed by atoms with van der Waals surface area (Å²) < 4.78 is 2.29. The molecule has 1 amide bonds. The van der Waals surface area contributed by atoms with Gasteiger partial charge in [0.05, 0.1) is 0 Å². The van der Waals surface area contributed by atoms with Gasteiger partial charge >= 0.3 is 11.1 Å². The van der Waals surface area contributed by atoms with Gasteiger partial charge in [-0.15, -0.1) is 5.10 Å². The SMILES string of the molecule is Cc1ccc(NC(=O)Cn2nc3n(c(=O)c2=O)CCN3c2ccccc2)c(C)c1. The van der Waals surface area contributed by atoms with Crippen LogP contribution in [0.5, 0.6) is 0 Å². The maximum Gasteiger partial charge on any atom is 0.333 e. The topological polar surface area (TPSA) is 89.2 Å². The molecule has 1 aliphatic rings. The van der Waals surface area contributed by atoms with E-state index in [1.807, 2.05) is 67.3 Å². The van der Waals surface area contributed by atoms with Gasteiger partial charge in [0.15, 0.2) is 0 Å². The zero-order chi connectivity index (χ0) is 20.5. The van der Waals surface area contributed by atoms with Crippen LogP contribution >= 0.6 is 0 Å². The molecular weight excluding hydrogens is 370 g/mol. The fraction of sp³-hybridized carbons (Fsp3) is 0.238. The molecule has 1 N–H and O–H groups in total. The average Bonchev–Trinajstić information content (AvgIpc) is 3.12. The zero-order valence-corrected chi connectivity index (χ0v) is 16.3. The maximum atomic E-state index is 12.5. The largest absolute Gasteiger partial charge is 0.333 e. The zero-order valence-electron chi connectivity index (χ0n) is 16.3. The number of rotatable bonds is 4. The first-order valence-corrected chi connectivity index (χ1v) is 9.35. The molecule has 0 spiro atoms. The Morgan fingerprint density at radius 1 is 1.03 bits per heavy atom. The number of aryl methyl sites for hydroxylation is 2. The lowest BCUT2D eigenvalue weighted by Crippen LogP contribution is -2.44. The molecule has 4 rings (SSSR count). The third kappa shape index (κ3) is 3.56. The number of aromatic nitrogens is 3. The number of benzene rings is 2. The number of nitrogens with zero attached hydrogens (tertiary/aromatic N) is 4. The maximum absolute atomic E-state index is 12.5. The van der Waals surface area contributed by atoms with Gasteiger partial charge in [-0.2, -0.15) is 0 Å². The highest BCUT2D eigenvalue weighted by Crippen LogP contribution is 2.25. The fourth-order valence-electron chi connectivity index (χ4n) is 3.46. The van der Waals surface area contributed by atoms with Crippen LogP contribution in [0.2, 0.25) is 0 Å². The molecule has 8 heteroatoms. The second-order valence-corrected chi connectivity index (χ2v) is 7.07. The van der Waals surface area contributed by atoms with Crippen LogP contribution < -0.4 is 21.3 Å². The van der Waals surface area contributed by atoms with Crippen molar-refractivity contribution < 1.29 is 4.79 Å². The monoisotopic (exact) mass is 391 g/mol. The lowest BCUT2D eigenvalue weighted by atomic mass is 10.1. The van der Waals surface area contributed by atoms with Crippen LogP contribution in [0.4, 0.5) is 17.3 Å². The van der Waals surface area contributed by atoms with E-state index in [2.05, 4.69) is 10.4 Å². The van der Waals surface area contributed by atoms with E-state index in [1.54, 1.807) is 0 Å². The molecule has 0 atom stereocenters. The second kappa shape index (κ2) is 7.38. The molecule has 0 radical (unpaired) electrons. The number of carbonyl (C=O) groups is 1. The Labute approximate surface area is 167 Å². The van der Waals surface area contributed by atoms with Crippen molar-refractivity contribution in [2.24, 2.45) is 0 Å². The Kier molecular flexibility index (Phi) is 4.75. The van der Waals surface area contributed by atoms with Crippen molar-refractivity contribution in [3.8, 4) is 0 Å². The van der Waals surface area contributed by atoms with Crippen molar-refractivity contribution in [3.63, 3.8) is 0 Å². The summed E-state index contributed by atoms with van der Waals surface area (Å²) in [5.74, 6) is -0.0553. The summed E-state index contributed by atoms with van der Waals surface area (Å²) in [6, 6.07) is 15.2. The Morgan fingerprint density at radius 3 is 2.52 bits per heavy atom. The molecule has 2 heterocycles. The molecule has 0 saturated heterocycles. The van der Waals surface area contributed by atoms with Gasteiger partial charge in [-0.1, -0.05) is 35.9 Å². The van der Waals surface area contributed by atoms with E-state index in [1.165, 1.54) is 4.57 Å². The molecule has 8 nitrogen and oxygen atoms in total. The van der Waals surface area contributed by atoms with Crippen LogP contribution in [0.1, 0.15) is 11.1 Å². The summed E-state index contributed by atoms with van der Waals surface area (Å²) in [6.07, 6.45) is 0. The van der Waals surface area contributed by atoms with Crippen LogP contribution in [0, 0.1) is 13.8 Å². The van der Waals surface area contributed by atoms with Gasteiger partial charge in [-0.25, -0.2) is 4.68 Å². The van der Waals surface area contributed by atoms with E-state index < -0.39 is 17.0 Å². The number of amides is 1. The molecule has 1 aromatic heterocycles. The third-order valence-corrected chi connectivity index (χ3v) is 4.92. The molecule has 0 saturated carbocycles. The van der Waals surface area contributed by atoms with Crippen LogP contribution in [0.15, 0.2) is 58.1 Å². The molecule has 0 fully saturated rings. The highest BCUT2D eigenvalue weighted by Gasteiger charge is 2.26. The first kappa shape index (κ1) is 18.7. The summed E-state index contributed by atoms with van der Waals surface area (Å²) in [5, 5.41) is 7.10. The van der Waals surface area contributed by atoms with E-state index >= 15 is 0 Å². The molecule has 3 aromatic rings.